The number of aromatic nitrogens is 1. The van der Waals surface area contributed by atoms with Crippen molar-refractivity contribution in [2.75, 3.05) is 66.1 Å². The Kier molecular flexibility index (Phi) is 15.2. The van der Waals surface area contributed by atoms with Crippen LogP contribution in [0, 0.1) is 10.8 Å². The molecule has 0 atom stereocenters. The van der Waals surface area contributed by atoms with E-state index in [0.29, 0.717) is 13.2 Å². The van der Waals surface area contributed by atoms with Crippen molar-refractivity contribution in [3.8, 4) is 27.9 Å². The Hall–Kier alpha value is -5.38. The molecule has 0 radical (unpaired) electrons. The van der Waals surface area contributed by atoms with Crippen LogP contribution in [0.4, 0.5) is 0 Å². The molecule has 0 unspecified atom stereocenters. The topological polar surface area (TPSA) is 60.3 Å². The van der Waals surface area contributed by atoms with Gasteiger partial charge in [-0.15, -0.1) is 0 Å². The first kappa shape index (κ1) is 47.3. The van der Waals surface area contributed by atoms with Crippen LogP contribution in [0.3, 0.4) is 0 Å². The van der Waals surface area contributed by atoms with Crippen LogP contribution in [0.2, 0.25) is 0 Å². The first-order chi connectivity index (χ1) is 34.1. The largest absolute Gasteiger partial charge is 0.381 e. The van der Waals surface area contributed by atoms with E-state index in [4.69, 9.17) is 28.4 Å². The Balaban J connectivity index is 0.857. The van der Waals surface area contributed by atoms with Gasteiger partial charge in [-0.3, -0.25) is 0 Å². The number of para-hydroxylation sites is 1. The summed E-state index contributed by atoms with van der Waals surface area (Å²) in [5.74, 6) is 0. The molecule has 2 fully saturated rings. The second-order valence-electron chi connectivity index (χ2n) is 19.8. The van der Waals surface area contributed by atoms with Gasteiger partial charge in [0.15, 0.2) is 0 Å². The summed E-state index contributed by atoms with van der Waals surface area (Å²) in [5, 5.41) is 7.45. The summed E-state index contributed by atoms with van der Waals surface area (Å²) >= 11 is 0. The van der Waals surface area contributed by atoms with Gasteiger partial charge in [-0.25, -0.2) is 0 Å². The summed E-state index contributed by atoms with van der Waals surface area (Å²) in [5.41, 5.74) is 11.4. The zero-order chi connectivity index (χ0) is 46.9. The van der Waals surface area contributed by atoms with E-state index >= 15 is 0 Å². The van der Waals surface area contributed by atoms with Gasteiger partial charge in [0.1, 0.15) is 0 Å². The molecule has 0 saturated carbocycles. The van der Waals surface area contributed by atoms with E-state index in [1.165, 1.54) is 76.7 Å². The van der Waals surface area contributed by atoms with E-state index in [1.807, 2.05) is 0 Å². The van der Waals surface area contributed by atoms with Crippen LogP contribution in [0.25, 0.3) is 71.3 Å². The molecule has 69 heavy (non-hydrogen) atoms. The zero-order valence-electron chi connectivity index (χ0n) is 40.8. The van der Waals surface area contributed by atoms with Gasteiger partial charge in [-0.1, -0.05) is 117 Å². The van der Waals surface area contributed by atoms with Gasteiger partial charge >= 0.3 is 0 Å². The lowest BCUT2D eigenvalue weighted by Gasteiger charge is -2.40. The minimum Gasteiger partial charge on any atom is -0.381 e. The molecule has 358 valence electrons. The summed E-state index contributed by atoms with van der Waals surface area (Å²) in [7, 11) is 0. The second-order valence-corrected chi connectivity index (χ2v) is 19.8. The summed E-state index contributed by atoms with van der Waals surface area (Å²) in [6.07, 6.45) is 8.65. The molecule has 0 aliphatic carbocycles. The monoisotopic (exact) mass is 924 g/mol. The fourth-order valence-corrected chi connectivity index (χ4v) is 10.4. The third-order valence-electron chi connectivity index (χ3n) is 14.9. The molecule has 1 aromatic heterocycles. The van der Waals surface area contributed by atoms with Crippen molar-refractivity contribution in [1.82, 2.24) is 4.57 Å². The van der Waals surface area contributed by atoms with Crippen LogP contribution >= 0.6 is 0 Å². The van der Waals surface area contributed by atoms with Crippen LogP contribution in [0.15, 0.2) is 140 Å². The van der Waals surface area contributed by atoms with Crippen molar-refractivity contribution in [3.63, 3.8) is 0 Å². The highest BCUT2D eigenvalue weighted by Crippen LogP contribution is 2.45. The maximum absolute atomic E-state index is 6.30. The fourth-order valence-electron chi connectivity index (χ4n) is 10.4. The van der Waals surface area contributed by atoms with Crippen LogP contribution in [-0.2, 0) is 41.6 Å². The molecule has 8 aromatic rings. The molecular weight excluding hydrogens is 855 g/mol. The lowest BCUT2D eigenvalue weighted by molar-refractivity contribution is -0.150. The van der Waals surface area contributed by atoms with Gasteiger partial charge in [0.2, 0.25) is 0 Å². The maximum atomic E-state index is 6.30. The van der Waals surface area contributed by atoms with Crippen molar-refractivity contribution in [1.29, 1.82) is 0 Å². The zero-order valence-corrected chi connectivity index (χ0v) is 40.8. The van der Waals surface area contributed by atoms with Crippen molar-refractivity contribution in [2.45, 2.75) is 78.4 Å². The molecule has 0 N–H and O–H groups in total. The van der Waals surface area contributed by atoms with Crippen molar-refractivity contribution < 1.29 is 28.4 Å². The Morgan fingerprint density at radius 3 is 1.36 bits per heavy atom. The molecule has 0 amide bonds. The lowest BCUT2D eigenvalue weighted by atomic mass is 9.84. The molecule has 0 spiro atoms. The van der Waals surface area contributed by atoms with E-state index in [1.54, 1.807) is 0 Å². The fraction of sp³-hybridized carbons (Fsp3) is 0.387. The average molecular weight is 924 g/mol. The number of hydrogen-bond acceptors (Lipinski definition) is 6. The molecule has 7 heteroatoms. The molecular formula is C62H69NO6. The SMILES string of the molecule is CCC1(COCCCCCOCc2ccc(-c3c4ccccc4c(-c4ccc5c(c4)c4cc(COCCCCCOCC6(CC)COC6)ccc4n5-c4ccccc4)c4ccccc34)cc2)COC1. The third-order valence-corrected chi connectivity index (χ3v) is 14.9. The molecule has 10 rings (SSSR count). The molecule has 0 bridgehead atoms. The van der Waals surface area contributed by atoms with Gasteiger partial charge in [-0.05, 0) is 143 Å². The number of benzene rings is 7. The normalized spacial score (nSPS) is 15.3. The van der Waals surface area contributed by atoms with Crippen LogP contribution in [-0.4, -0.2) is 70.6 Å². The predicted octanol–water partition coefficient (Wildman–Crippen LogP) is 14.7. The van der Waals surface area contributed by atoms with Gasteiger partial charge < -0.3 is 33.0 Å². The van der Waals surface area contributed by atoms with E-state index in [0.717, 1.165) is 123 Å². The number of nitrogens with zero attached hydrogens (tertiary/aromatic N) is 1. The first-order valence-corrected chi connectivity index (χ1v) is 25.7. The Bertz CT molecular complexity index is 2880. The van der Waals surface area contributed by atoms with E-state index < -0.39 is 0 Å². The number of fused-ring (bicyclic) bond motifs is 5. The number of ether oxygens (including phenoxy) is 6. The number of rotatable bonds is 25. The van der Waals surface area contributed by atoms with Gasteiger partial charge in [0, 0.05) is 53.7 Å². The Labute approximate surface area is 408 Å². The quantitative estimate of drug-likeness (QED) is 0.0420. The number of hydrogen-bond donors (Lipinski definition) is 0. The van der Waals surface area contributed by atoms with Crippen molar-refractivity contribution >= 4 is 43.4 Å². The smallest absolute Gasteiger partial charge is 0.0717 e. The highest BCUT2D eigenvalue weighted by Gasteiger charge is 2.37. The van der Waals surface area contributed by atoms with Gasteiger partial charge in [0.25, 0.3) is 0 Å². The highest BCUT2D eigenvalue weighted by atomic mass is 16.5. The minimum absolute atomic E-state index is 0.250. The Morgan fingerprint density at radius 2 is 0.855 bits per heavy atom. The van der Waals surface area contributed by atoms with E-state index in [9.17, 15) is 0 Å². The van der Waals surface area contributed by atoms with Gasteiger partial charge in [0.05, 0.1) is 63.9 Å². The summed E-state index contributed by atoms with van der Waals surface area (Å²) in [6.45, 7) is 13.8. The summed E-state index contributed by atoms with van der Waals surface area (Å²) in [6, 6.07) is 51.5. The van der Waals surface area contributed by atoms with Crippen molar-refractivity contribution in [2.24, 2.45) is 10.8 Å². The average Bonchev–Trinajstić information content (AvgIpc) is 3.69. The van der Waals surface area contributed by atoms with Crippen LogP contribution in [0.1, 0.15) is 76.3 Å². The predicted molar refractivity (Wildman–Crippen MR) is 282 cm³/mol. The summed E-state index contributed by atoms with van der Waals surface area (Å²) < 4.78 is 37.7. The van der Waals surface area contributed by atoms with Crippen molar-refractivity contribution in [3.05, 3.63) is 151 Å². The molecule has 7 aromatic carbocycles. The standard InChI is InChI=1S/C62H69NO6/c1-3-61(42-68-43-61)40-66-34-16-6-14-32-64-38-46-24-27-48(28-25-46)59-51-20-10-12-22-53(51)60(54-23-13-11-21-52(54)59)49-29-31-58-56(37-49)55-36-47(26-30-57(55)63(58)50-18-8-5-9-19-50)39-65-33-15-7-17-35-67-41-62(4-2)44-69-45-62/h5,8-13,18-31,36-37H,3-4,6-7,14-17,32-35,38-45H2,1-2H3. The van der Waals surface area contributed by atoms with Crippen LogP contribution < -0.4 is 0 Å². The highest BCUT2D eigenvalue weighted by molar-refractivity contribution is 6.22. The first-order valence-electron chi connectivity index (χ1n) is 25.7. The lowest BCUT2D eigenvalue weighted by Crippen LogP contribution is -2.45. The molecule has 2 saturated heterocycles. The van der Waals surface area contributed by atoms with Crippen LogP contribution in [0.5, 0.6) is 0 Å². The third kappa shape index (κ3) is 10.4. The number of unbranched alkanes of at least 4 members (excludes halogenated alkanes) is 4. The molecule has 7 nitrogen and oxygen atoms in total. The second kappa shape index (κ2) is 22.1. The minimum atomic E-state index is 0.250. The Morgan fingerprint density at radius 1 is 0.420 bits per heavy atom. The maximum Gasteiger partial charge on any atom is 0.0717 e. The molecule has 2 aliphatic rings. The molecule has 3 heterocycles. The summed E-state index contributed by atoms with van der Waals surface area (Å²) in [4.78, 5) is 0. The van der Waals surface area contributed by atoms with E-state index in [2.05, 4.69) is 158 Å². The molecule has 2 aliphatic heterocycles. The van der Waals surface area contributed by atoms with E-state index in [-0.39, 0.29) is 10.8 Å². The van der Waals surface area contributed by atoms with Gasteiger partial charge in [-0.2, -0.15) is 0 Å².